The fraction of sp³-hybridized carbons (Fsp3) is 0.364. The summed E-state index contributed by atoms with van der Waals surface area (Å²) >= 11 is 0. The number of hydrogen-bond acceptors (Lipinski definition) is 3. The monoisotopic (exact) mass is 365 g/mol. The van der Waals surface area contributed by atoms with Crippen LogP contribution in [0.3, 0.4) is 0 Å². The van der Waals surface area contributed by atoms with Crippen LogP contribution in [0.2, 0.25) is 0 Å². The molecule has 2 atom stereocenters. The van der Waals surface area contributed by atoms with Gasteiger partial charge in [0.2, 0.25) is 11.8 Å². The van der Waals surface area contributed by atoms with Crippen LogP contribution >= 0.6 is 0 Å². The van der Waals surface area contributed by atoms with Crippen LogP contribution in [0.5, 0.6) is 0 Å². The number of carbonyl (C=O) groups excluding carboxylic acids is 2. The molecule has 2 N–H and O–H groups in total. The van der Waals surface area contributed by atoms with E-state index < -0.39 is 0 Å². The van der Waals surface area contributed by atoms with E-state index in [2.05, 4.69) is 10.6 Å². The predicted octanol–water partition coefficient (Wildman–Crippen LogP) is 3.28. The van der Waals surface area contributed by atoms with Gasteiger partial charge in [0.1, 0.15) is 0 Å². The summed E-state index contributed by atoms with van der Waals surface area (Å²) in [7, 11) is 1.65. The molecule has 0 aliphatic carbocycles. The summed E-state index contributed by atoms with van der Waals surface area (Å²) in [5.41, 5.74) is 2.83. The van der Waals surface area contributed by atoms with Crippen LogP contribution in [0.25, 0.3) is 11.1 Å². The number of nitrogens with one attached hydrogen (secondary N) is 2. The first kappa shape index (κ1) is 19.1. The van der Waals surface area contributed by atoms with Gasteiger partial charge < -0.3 is 10.6 Å². The molecule has 1 fully saturated rings. The summed E-state index contributed by atoms with van der Waals surface area (Å²) in [5, 5.41) is 5.80. The Hall–Kier alpha value is -2.66. The van der Waals surface area contributed by atoms with Gasteiger partial charge in [-0.05, 0) is 37.9 Å². The number of piperidine rings is 1. The van der Waals surface area contributed by atoms with Gasteiger partial charge in [-0.15, -0.1) is 0 Å². The van der Waals surface area contributed by atoms with E-state index in [9.17, 15) is 9.59 Å². The molecule has 142 valence electrons. The summed E-state index contributed by atoms with van der Waals surface area (Å²) in [6.07, 6.45) is 2.81. The molecule has 0 unspecified atom stereocenters. The number of hydrogen-bond donors (Lipinski definition) is 2. The number of para-hydroxylation sites is 1. The number of carbonyl (C=O) groups is 2. The average molecular weight is 365 g/mol. The Balaban J connectivity index is 1.78. The minimum Gasteiger partial charge on any atom is -0.358 e. The third-order valence-corrected chi connectivity index (χ3v) is 5.24. The van der Waals surface area contributed by atoms with E-state index in [4.69, 9.17) is 0 Å². The van der Waals surface area contributed by atoms with Gasteiger partial charge in [0, 0.05) is 18.3 Å². The molecule has 2 aromatic carbocycles. The summed E-state index contributed by atoms with van der Waals surface area (Å²) in [5.74, 6) is -0.104. The third-order valence-electron chi connectivity index (χ3n) is 5.24. The van der Waals surface area contributed by atoms with Crippen LogP contribution in [0.15, 0.2) is 54.6 Å². The fourth-order valence-electron chi connectivity index (χ4n) is 3.71. The second-order valence-corrected chi connectivity index (χ2v) is 6.94. The molecule has 0 saturated carbocycles. The van der Waals surface area contributed by atoms with E-state index in [0.717, 1.165) is 42.6 Å². The van der Waals surface area contributed by atoms with Crippen molar-refractivity contribution in [1.82, 2.24) is 10.2 Å². The minimum absolute atomic E-state index is 0.0148. The van der Waals surface area contributed by atoms with Gasteiger partial charge in [-0.1, -0.05) is 55.0 Å². The second kappa shape index (κ2) is 8.82. The molecule has 0 spiro atoms. The van der Waals surface area contributed by atoms with E-state index in [1.165, 1.54) is 0 Å². The number of nitrogens with zero attached hydrogens (tertiary/aromatic N) is 1. The molecular weight excluding hydrogens is 338 g/mol. The normalized spacial score (nSPS) is 18.5. The first-order chi connectivity index (χ1) is 13.1. The highest BCUT2D eigenvalue weighted by Crippen LogP contribution is 2.28. The van der Waals surface area contributed by atoms with Gasteiger partial charge in [0.25, 0.3) is 0 Å². The molecule has 1 aliphatic heterocycles. The lowest BCUT2D eigenvalue weighted by atomic mass is 9.99. The second-order valence-electron chi connectivity index (χ2n) is 6.94. The van der Waals surface area contributed by atoms with Crippen LogP contribution in [-0.4, -0.2) is 42.4 Å². The van der Waals surface area contributed by atoms with E-state index in [-0.39, 0.29) is 23.9 Å². The average Bonchev–Trinajstić information content (AvgIpc) is 2.73. The van der Waals surface area contributed by atoms with Gasteiger partial charge in [0.15, 0.2) is 0 Å². The highest BCUT2D eigenvalue weighted by atomic mass is 16.2. The zero-order valence-corrected chi connectivity index (χ0v) is 15.9. The van der Waals surface area contributed by atoms with E-state index in [1.807, 2.05) is 66.4 Å². The Kier molecular flexibility index (Phi) is 6.24. The summed E-state index contributed by atoms with van der Waals surface area (Å²) in [6.45, 7) is 2.63. The topological polar surface area (TPSA) is 61.4 Å². The number of amides is 2. The van der Waals surface area contributed by atoms with Crippen LogP contribution in [0.4, 0.5) is 5.69 Å². The number of likely N-dealkylation sites (tertiary alicyclic amines) is 1. The molecule has 0 bridgehead atoms. The molecule has 0 aromatic heterocycles. The molecule has 0 radical (unpaired) electrons. The van der Waals surface area contributed by atoms with Crippen molar-refractivity contribution in [2.45, 2.75) is 38.3 Å². The zero-order valence-electron chi connectivity index (χ0n) is 15.9. The molecule has 5 nitrogen and oxygen atoms in total. The maximum Gasteiger partial charge on any atom is 0.241 e. The SMILES string of the molecule is CNC(=O)[C@@H]1CCCCN1[C@H](C)C(=O)Nc1ccccc1-c1ccccc1. The third kappa shape index (κ3) is 4.37. The van der Waals surface area contributed by atoms with Gasteiger partial charge in [-0.25, -0.2) is 0 Å². The summed E-state index contributed by atoms with van der Waals surface area (Å²) in [6, 6.07) is 17.2. The van der Waals surface area contributed by atoms with Crippen molar-refractivity contribution in [1.29, 1.82) is 0 Å². The molecule has 1 aliphatic rings. The molecule has 27 heavy (non-hydrogen) atoms. The Morgan fingerprint density at radius 2 is 1.74 bits per heavy atom. The zero-order chi connectivity index (χ0) is 19.2. The van der Waals surface area contributed by atoms with Crippen molar-refractivity contribution in [3.8, 4) is 11.1 Å². The van der Waals surface area contributed by atoms with Crippen molar-refractivity contribution >= 4 is 17.5 Å². The van der Waals surface area contributed by atoms with Gasteiger partial charge in [0.05, 0.1) is 12.1 Å². The smallest absolute Gasteiger partial charge is 0.241 e. The largest absolute Gasteiger partial charge is 0.358 e. The van der Waals surface area contributed by atoms with Crippen LogP contribution in [-0.2, 0) is 9.59 Å². The summed E-state index contributed by atoms with van der Waals surface area (Å²) < 4.78 is 0. The Bertz CT molecular complexity index is 791. The Labute approximate surface area is 160 Å². The lowest BCUT2D eigenvalue weighted by Crippen LogP contribution is -2.55. The minimum atomic E-state index is -0.378. The van der Waals surface area contributed by atoms with Crippen molar-refractivity contribution in [3.05, 3.63) is 54.6 Å². The number of likely N-dealkylation sites (N-methyl/N-ethyl adjacent to an activating group) is 1. The van der Waals surface area contributed by atoms with E-state index in [0.29, 0.717) is 0 Å². The fourth-order valence-corrected chi connectivity index (χ4v) is 3.71. The number of rotatable bonds is 5. The molecule has 2 amide bonds. The van der Waals surface area contributed by atoms with Gasteiger partial charge >= 0.3 is 0 Å². The lowest BCUT2D eigenvalue weighted by molar-refractivity contribution is -0.131. The van der Waals surface area contributed by atoms with Gasteiger partial charge in [-0.3, -0.25) is 14.5 Å². The van der Waals surface area contributed by atoms with Crippen molar-refractivity contribution < 1.29 is 9.59 Å². The first-order valence-electron chi connectivity index (χ1n) is 9.54. The van der Waals surface area contributed by atoms with Crippen molar-refractivity contribution in [2.24, 2.45) is 0 Å². The molecule has 5 heteroatoms. The van der Waals surface area contributed by atoms with Crippen LogP contribution in [0.1, 0.15) is 26.2 Å². The Morgan fingerprint density at radius 3 is 2.48 bits per heavy atom. The molecule has 1 saturated heterocycles. The van der Waals surface area contributed by atoms with E-state index >= 15 is 0 Å². The summed E-state index contributed by atoms with van der Waals surface area (Å²) in [4.78, 5) is 27.2. The molecule has 1 heterocycles. The van der Waals surface area contributed by atoms with Crippen molar-refractivity contribution in [3.63, 3.8) is 0 Å². The van der Waals surface area contributed by atoms with E-state index in [1.54, 1.807) is 7.05 Å². The van der Waals surface area contributed by atoms with Gasteiger partial charge in [-0.2, -0.15) is 0 Å². The highest BCUT2D eigenvalue weighted by molar-refractivity contribution is 5.98. The van der Waals surface area contributed by atoms with Crippen LogP contribution < -0.4 is 10.6 Å². The predicted molar refractivity (Wildman–Crippen MR) is 108 cm³/mol. The number of anilines is 1. The Morgan fingerprint density at radius 1 is 1.04 bits per heavy atom. The molecule has 2 aromatic rings. The standard InChI is InChI=1S/C22H27N3O2/c1-16(25-15-9-8-14-20(25)22(27)23-2)21(26)24-19-13-7-6-12-18(19)17-10-4-3-5-11-17/h3-7,10-13,16,20H,8-9,14-15H2,1-2H3,(H,23,27)(H,24,26)/t16-,20+/m1/s1. The maximum atomic E-state index is 13.0. The number of benzene rings is 2. The maximum absolute atomic E-state index is 13.0. The molecular formula is C22H27N3O2. The van der Waals surface area contributed by atoms with Crippen molar-refractivity contribution in [2.75, 3.05) is 18.9 Å². The molecule has 3 rings (SSSR count). The quantitative estimate of drug-likeness (QED) is 0.855. The first-order valence-corrected chi connectivity index (χ1v) is 9.54. The lowest BCUT2D eigenvalue weighted by Gasteiger charge is -2.37. The van der Waals surface area contributed by atoms with Crippen LogP contribution in [0, 0.1) is 0 Å². The highest BCUT2D eigenvalue weighted by Gasteiger charge is 2.34.